The molecule has 0 radical (unpaired) electrons. The topological polar surface area (TPSA) is 80.5 Å². The summed E-state index contributed by atoms with van der Waals surface area (Å²) in [5, 5.41) is 0. The lowest BCUT2D eigenvalue weighted by Gasteiger charge is -2.26. The van der Waals surface area contributed by atoms with Crippen molar-refractivity contribution in [2.24, 2.45) is 5.73 Å². The first-order chi connectivity index (χ1) is 9.52. The van der Waals surface area contributed by atoms with Crippen LogP contribution in [0.25, 0.3) is 0 Å². The fraction of sp³-hybridized carbons (Fsp3) is 0.357. The fourth-order valence-corrected chi connectivity index (χ4v) is 3.18. The largest absolute Gasteiger partial charge is 0.337 e. The molecule has 2 rings (SSSR count). The van der Waals surface area contributed by atoms with E-state index in [9.17, 15) is 13.2 Å². The van der Waals surface area contributed by atoms with Crippen molar-refractivity contribution in [2.45, 2.75) is 0 Å². The summed E-state index contributed by atoms with van der Waals surface area (Å²) in [5.41, 5.74) is 6.56. The number of carbonyl (C=O) groups excluding carboxylic acids is 1. The number of rotatable bonds is 1. The maximum Gasteiger partial charge on any atom is 0.253 e. The molecule has 0 bridgehead atoms. The number of hydrogen-bond acceptors (Lipinski definition) is 4. The van der Waals surface area contributed by atoms with Crippen molar-refractivity contribution in [2.75, 3.05) is 31.1 Å². The highest BCUT2D eigenvalue weighted by atomic mass is 32.2. The van der Waals surface area contributed by atoms with Gasteiger partial charge in [0, 0.05) is 24.2 Å². The zero-order chi connectivity index (χ0) is 14.6. The summed E-state index contributed by atoms with van der Waals surface area (Å²) in [4.78, 5) is 13.9. The van der Waals surface area contributed by atoms with Crippen molar-refractivity contribution in [1.29, 1.82) is 0 Å². The van der Waals surface area contributed by atoms with Crippen LogP contribution in [0, 0.1) is 11.8 Å². The molecule has 0 unspecified atom stereocenters. The van der Waals surface area contributed by atoms with Crippen LogP contribution in [0.1, 0.15) is 15.9 Å². The Morgan fingerprint density at radius 2 is 2.00 bits per heavy atom. The van der Waals surface area contributed by atoms with E-state index in [2.05, 4.69) is 11.8 Å². The van der Waals surface area contributed by atoms with Gasteiger partial charge in [0.05, 0.1) is 18.1 Å². The monoisotopic (exact) mass is 292 g/mol. The number of sulfone groups is 1. The Labute approximate surface area is 118 Å². The van der Waals surface area contributed by atoms with Crippen LogP contribution in [-0.4, -0.2) is 50.4 Å². The Morgan fingerprint density at radius 1 is 1.30 bits per heavy atom. The van der Waals surface area contributed by atoms with Gasteiger partial charge in [-0.2, -0.15) is 0 Å². The molecular formula is C14H16N2O3S. The molecule has 1 fully saturated rings. The van der Waals surface area contributed by atoms with Crippen molar-refractivity contribution in [1.82, 2.24) is 4.90 Å². The van der Waals surface area contributed by atoms with E-state index in [0.29, 0.717) is 5.56 Å². The summed E-state index contributed by atoms with van der Waals surface area (Å²) < 4.78 is 22.7. The van der Waals surface area contributed by atoms with Crippen LogP contribution in [0.4, 0.5) is 0 Å². The number of amides is 1. The van der Waals surface area contributed by atoms with Gasteiger partial charge in [0.2, 0.25) is 0 Å². The van der Waals surface area contributed by atoms with Gasteiger partial charge in [-0.3, -0.25) is 4.79 Å². The second-order valence-electron chi connectivity index (χ2n) is 4.53. The highest BCUT2D eigenvalue weighted by molar-refractivity contribution is 7.91. The molecule has 0 aliphatic carbocycles. The number of benzene rings is 1. The molecule has 0 atom stereocenters. The van der Waals surface area contributed by atoms with Crippen molar-refractivity contribution in [3.05, 3.63) is 35.4 Å². The van der Waals surface area contributed by atoms with E-state index in [1.165, 1.54) is 0 Å². The Balaban J connectivity index is 2.13. The maximum absolute atomic E-state index is 12.3. The first-order valence-corrected chi connectivity index (χ1v) is 8.13. The molecule has 1 aliphatic rings. The van der Waals surface area contributed by atoms with Crippen LogP contribution in [0.15, 0.2) is 24.3 Å². The molecule has 1 aromatic rings. The lowest BCUT2D eigenvalue weighted by molar-refractivity contribution is 0.0770. The van der Waals surface area contributed by atoms with Gasteiger partial charge in [0.1, 0.15) is 0 Å². The molecule has 1 aromatic carbocycles. The first-order valence-electron chi connectivity index (χ1n) is 6.30. The zero-order valence-corrected chi connectivity index (χ0v) is 11.8. The normalized spacial score (nSPS) is 17.1. The number of nitrogens with zero attached hydrogens (tertiary/aromatic N) is 1. The average molecular weight is 292 g/mol. The van der Waals surface area contributed by atoms with Gasteiger partial charge < -0.3 is 10.6 Å². The minimum Gasteiger partial charge on any atom is -0.337 e. The molecule has 106 valence electrons. The van der Waals surface area contributed by atoms with Gasteiger partial charge in [0.25, 0.3) is 5.91 Å². The smallest absolute Gasteiger partial charge is 0.253 e. The van der Waals surface area contributed by atoms with Crippen molar-refractivity contribution < 1.29 is 13.2 Å². The van der Waals surface area contributed by atoms with Gasteiger partial charge >= 0.3 is 0 Å². The molecule has 20 heavy (non-hydrogen) atoms. The van der Waals surface area contributed by atoms with Gasteiger partial charge in [-0.15, -0.1) is 0 Å². The lowest BCUT2D eigenvalue weighted by Crippen LogP contribution is -2.43. The van der Waals surface area contributed by atoms with E-state index in [-0.39, 0.29) is 37.0 Å². The fourth-order valence-electron chi connectivity index (χ4n) is 1.98. The molecular weight excluding hydrogens is 276 g/mol. The van der Waals surface area contributed by atoms with Gasteiger partial charge in [-0.1, -0.05) is 17.9 Å². The average Bonchev–Trinajstić information content (AvgIpc) is 2.45. The van der Waals surface area contributed by atoms with Crippen LogP contribution in [-0.2, 0) is 9.84 Å². The summed E-state index contributed by atoms with van der Waals surface area (Å²) >= 11 is 0. The van der Waals surface area contributed by atoms with Crippen LogP contribution >= 0.6 is 0 Å². The zero-order valence-electron chi connectivity index (χ0n) is 11.0. The molecule has 1 heterocycles. The van der Waals surface area contributed by atoms with Crippen LogP contribution in [0.2, 0.25) is 0 Å². The van der Waals surface area contributed by atoms with Crippen molar-refractivity contribution >= 4 is 15.7 Å². The summed E-state index contributed by atoms with van der Waals surface area (Å²) in [6.45, 7) is 0.766. The van der Waals surface area contributed by atoms with E-state index >= 15 is 0 Å². The maximum atomic E-state index is 12.3. The third-order valence-corrected chi connectivity index (χ3v) is 4.69. The third kappa shape index (κ3) is 3.59. The number of carbonyl (C=O) groups is 1. The van der Waals surface area contributed by atoms with Crippen molar-refractivity contribution in [3.8, 4) is 11.8 Å². The molecule has 5 nitrogen and oxygen atoms in total. The van der Waals surface area contributed by atoms with Crippen LogP contribution in [0.5, 0.6) is 0 Å². The molecule has 0 aromatic heterocycles. The SMILES string of the molecule is NCC#Cc1cccc(C(=O)N2CCS(=O)(=O)CC2)c1. The molecule has 1 amide bonds. The van der Waals surface area contributed by atoms with Crippen molar-refractivity contribution in [3.63, 3.8) is 0 Å². The van der Waals surface area contributed by atoms with E-state index < -0.39 is 9.84 Å². The molecule has 2 N–H and O–H groups in total. The molecule has 6 heteroatoms. The van der Waals surface area contributed by atoms with Gasteiger partial charge in [0.15, 0.2) is 9.84 Å². The number of nitrogens with two attached hydrogens (primary N) is 1. The highest BCUT2D eigenvalue weighted by Gasteiger charge is 2.25. The Kier molecular flexibility index (Phi) is 4.42. The summed E-state index contributed by atoms with van der Waals surface area (Å²) in [6.07, 6.45) is 0. The minimum absolute atomic E-state index is 0.0331. The Hall–Kier alpha value is -1.84. The van der Waals surface area contributed by atoms with Gasteiger partial charge in [-0.05, 0) is 18.2 Å². The molecule has 1 aliphatic heterocycles. The van der Waals surface area contributed by atoms with E-state index in [4.69, 9.17) is 5.73 Å². The standard InChI is InChI=1S/C14H16N2O3S/c15-6-2-4-12-3-1-5-13(11-12)14(17)16-7-9-20(18,19)10-8-16/h1,3,5,11H,6-10,15H2. The summed E-state index contributed by atoms with van der Waals surface area (Å²) in [7, 11) is -2.98. The summed E-state index contributed by atoms with van der Waals surface area (Å²) in [6, 6.07) is 6.97. The molecule has 0 saturated carbocycles. The predicted molar refractivity (Wildman–Crippen MR) is 76.9 cm³/mol. The van der Waals surface area contributed by atoms with E-state index in [1.54, 1.807) is 29.2 Å². The Bertz CT molecular complexity index is 657. The first kappa shape index (κ1) is 14.6. The second kappa shape index (κ2) is 6.07. The lowest BCUT2D eigenvalue weighted by atomic mass is 10.1. The second-order valence-corrected chi connectivity index (χ2v) is 6.83. The van der Waals surface area contributed by atoms with Crippen LogP contribution < -0.4 is 5.73 Å². The quantitative estimate of drug-likeness (QED) is 0.731. The summed E-state index contributed by atoms with van der Waals surface area (Å²) in [5.74, 6) is 5.52. The molecule has 1 saturated heterocycles. The third-order valence-electron chi connectivity index (χ3n) is 3.08. The highest BCUT2D eigenvalue weighted by Crippen LogP contribution is 2.11. The van der Waals surface area contributed by atoms with Gasteiger partial charge in [-0.25, -0.2) is 8.42 Å². The minimum atomic E-state index is -2.98. The van der Waals surface area contributed by atoms with Crippen LogP contribution in [0.3, 0.4) is 0 Å². The van der Waals surface area contributed by atoms with E-state index in [0.717, 1.165) is 5.56 Å². The van der Waals surface area contributed by atoms with E-state index in [1.807, 2.05) is 0 Å². The predicted octanol–water partition coefficient (Wildman–Crippen LogP) is -0.133. The Morgan fingerprint density at radius 3 is 2.65 bits per heavy atom. The molecule has 0 spiro atoms. The number of hydrogen-bond donors (Lipinski definition) is 1.